The van der Waals surface area contributed by atoms with Crippen LogP contribution in [-0.2, 0) is 0 Å². The summed E-state index contributed by atoms with van der Waals surface area (Å²) < 4.78 is 5.14. The van der Waals surface area contributed by atoms with Crippen LogP contribution in [0, 0.1) is 6.92 Å². The van der Waals surface area contributed by atoms with Gasteiger partial charge in [-0.05, 0) is 24.6 Å². The van der Waals surface area contributed by atoms with Crippen molar-refractivity contribution in [3.63, 3.8) is 0 Å². The van der Waals surface area contributed by atoms with E-state index in [0.717, 1.165) is 11.1 Å². The molecule has 2 aromatic carbocycles. The standard InChI is InChI=1S/C17H15N3O3/c1-10-6-5-8-12-14(10)18-17(22)15(12)19-20-16(21)11-7-3-4-9-13(11)23-2/h3-9,18,22H,1-2H3. The molecule has 0 aliphatic heterocycles. The van der Waals surface area contributed by atoms with Crippen molar-refractivity contribution in [1.29, 1.82) is 0 Å². The lowest BCUT2D eigenvalue weighted by Gasteiger charge is -2.03. The number of carbonyl (C=O) groups is 1. The first kappa shape index (κ1) is 14.8. The van der Waals surface area contributed by atoms with E-state index in [4.69, 9.17) is 4.74 Å². The summed E-state index contributed by atoms with van der Waals surface area (Å²) in [5.41, 5.74) is 2.29. The fourth-order valence-electron chi connectivity index (χ4n) is 2.41. The first-order valence-corrected chi connectivity index (χ1v) is 7.01. The van der Waals surface area contributed by atoms with Crippen molar-refractivity contribution < 1.29 is 14.6 Å². The number of aromatic nitrogens is 1. The highest BCUT2D eigenvalue weighted by molar-refractivity contribution is 5.99. The van der Waals surface area contributed by atoms with E-state index in [1.165, 1.54) is 7.11 Å². The highest BCUT2D eigenvalue weighted by atomic mass is 16.5. The number of hydrogen-bond acceptors (Lipinski definition) is 4. The normalized spacial score (nSPS) is 11.2. The van der Waals surface area contributed by atoms with Crippen LogP contribution in [0.15, 0.2) is 52.7 Å². The molecule has 6 nitrogen and oxygen atoms in total. The zero-order valence-corrected chi connectivity index (χ0v) is 12.7. The van der Waals surface area contributed by atoms with Gasteiger partial charge in [0.05, 0.1) is 18.2 Å². The van der Waals surface area contributed by atoms with Crippen LogP contribution in [-0.4, -0.2) is 23.1 Å². The molecule has 0 spiro atoms. The Morgan fingerprint density at radius 2 is 1.96 bits per heavy atom. The molecule has 1 aromatic heterocycles. The summed E-state index contributed by atoms with van der Waals surface area (Å²) in [5.74, 6) is -0.231. The summed E-state index contributed by atoms with van der Waals surface area (Å²) in [7, 11) is 1.48. The Balaban J connectivity index is 1.99. The predicted octanol–water partition coefficient (Wildman–Crippen LogP) is 4.11. The van der Waals surface area contributed by atoms with Gasteiger partial charge in [0.25, 0.3) is 5.91 Å². The smallest absolute Gasteiger partial charge is 0.299 e. The van der Waals surface area contributed by atoms with Crippen LogP contribution in [0.2, 0.25) is 0 Å². The molecule has 23 heavy (non-hydrogen) atoms. The van der Waals surface area contributed by atoms with E-state index >= 15 is 0 Å². The minimum Gasteiger partial charge on any atom is -0.496 e. The maximum atomic E-state index is 12.2. The molecule has 3 aromatic rings. The van der Waals surface area contributed by atoms with Gasteiger partial charge in [-0.1, -0.05) is 30.3 Å². The number of aromatic amines is 1. The Labute approximate surface area is 132 Å². The molecule has 0 aliphatic carbocycles. The summed E-state index contributed by atoms with van der Waals surface area (Å²) in [6.07, 6.45) is 0. The third-order valence-electron chi connectivity index (χ3n) is 3.57. The molecule has 0 fully saturated rings. The molecule has 1 amide bonds. The number of aromatic hydroxyl groups is 1. The number of nitrogens with zero attached hydrogens (tertiary/aromatic N) is 2. The number of benzene rings is 2. The Morgan fingerprint density at radius 1 is 1.17 bits per heavy atom. The molecule has 3 rings (SSSR count). The summed E-state index contributed by atoms with van der Waals surface area (Å²) in [6, 6.07) is 12.3. The zero-order valence-electron chi connectivity index (χ0n) is 12.7. The minimum atomic E-state index is -0.538. The van der Waals surface area contributed by atoms with Crippen LogP contribution in [0.4, 0.5) is 5.69 Å². The monoisotopic (exact) mass is 309 g/mol. The van der Waals surface area contributed by atoms with Crippen molar-refractivity contribution in [2.24, 2.45) is 10.2 Å². The topological polar surface area (TPSA) is 87.0 Å². The molecule has 116 valence electrons. The van der Waals surface area contributed by atoms with Gasteiger partial charge in [-0.2, -0.15) is 0 Å². The van der Waals surface area contributed by atoms with E-state index in [2.05, 4.69) is 15.2 Å². The number of azo groups is 1. The van der Waals surface area contributed by atoms with E-state index in [9.17, 15) is 9.90 Å². The van der Waals surface area contributed by atoms with Crippen LogP contribution in [0.5, 0.6) is 11.6 Å². The highest BCUT2D eigenvalue weighted by Crippen LogP contribution is 2.36. The van der Waals surface area contributed by atoms with Crippen LogP contribution < -0.4 is 4.74 Å². The molecule has 2 N–H and O–H groups in total. The number of para-hydroxylation sites is 2. The number of methoxy groups -OCH3 is 1. The van der Waals surface area contributed by atoms with Gasteiger partial charge in [-0.15, -0.1) is 10.2 Å². The van der Waals surface area contributed by atoms with Crippen molar-refractivity contribution in [3.8, 4) is 11.6 Å². The van der Waals surface area contributed by atoms with Gasteiger partial charge in [0.15, 0.2) is 5.69 Å². The maximum Gasteiger partial charge on any atom is 0.299 e. The number of ether oxygens (including phenoxy) is 1. The van der Waals surface area contributed by atoms with Crippen molar-refractivity contribution in [2.75, 3.05) is 7.11 Å². The van der Waals surface area contributed by atoms with Crippen LogP contribution in [0.25, 0.3) is 10.9 Å². The first-order valence-electron chi connectivity index (χ1n) is 7.01. The van der Waals surface area contributed by atoms with Gasteiger partial charge in [0.1, 0.15) is 5.75 Å². The number of H-pyrrole nitrogens is 1. The number of rotatable bonds is 3. The number of nitrogens with one attached hydrogen (secondary N) is 1. The second kappa shape index (κ2) is 5.92. The fraction of sp³-hybridized carbons (Fsp3) is 0.118. The molecule has 0 radical (unpaired) electrons. The summed E-state index contributed by atoms with van der Waals surface area (Å²) in [4.78, 5) is 15.0. The van der Waals surface area contributed by atoms with Gasteiger partial charge >= 0.3 is 0 Å². The van der Waals surface area contributed by atoms with E-state index in [1.54, 1.807) is 30.3 Å². The minimum absolute atomic E-state index is 0.120. The van der Waals surface area contributed by atoms with Crippen molar-refractivity contribution in [1.82, 2.24) is 4.98 Å². The molecule has 0 saturated carbocycles. The van der Waals surface area contributed by atoms with Crippen molar-refractivity contribution in [2.45, 2.75) is 6.92 Å². The van der Waals surface area contributed by atoms with Gasteiger partial charge < -0.3 is 14.8 Å². The van der Waals surface area contributed by atoms with Gasteiger partial charge in [0, 0.05) is 5.39 Å². The third-order valence-corrected chi connectivity index (χ3v) is 3.57. The summed E-state index contributed by atoms with van der Waals surface area (Å²) in [6.45, 7) is 1.92. The summed E-state index contributed by atoms with van der Waals surface area (Å²) in [5, 5.41) is 18.3. The Morgan fingerprint density at radius 3 is 2.74 bits per heavy atom. The average Bonchev–Trinajstić information content (AvgIpc) is 2.89. The fourth-order valence-corrected chi connectivity index (χ4v) is 2.41. The molecule has 0 saturated heterocycles. The molecular formula is C17H15N3O3. The molecule has 6 heteroatoms. The molecule has 0 bridgehead atoms. The molecule has 0 aliphatic rings. The van der Waals surface area contributed by atoms with Gasteiger partial charge in [0.2, 0.25) is 5.88 Å². The number of aryl methyl sites for hydroxylation is 1. The number of hydrogen-bond donors (Lipinski definition) is 2. The Bertz CT molecular complexity index is 913. The van der Waals surface area contributed by atoms with E-state index in [0.29, 0.717) is 16.7 Å². The van der Waals surface area contributed by atoms with Gasteiger partial charge in [-0.25, -0.2) is 0 Å². The Kier molecular flexibility index (Phi) is 3.80. The van der Waals surface area contributed by atoms with Crippen molar-refractivity contribution in [3.05, 3.63) is 53.6 Å². The quantitative estimate of drug-likeness (QED) is 0.713. The molecular weight excluding hydrogens is 294 g/mol. The highest BCUT2D eigenvalue weighted by Gasteiger charge is 2.14. The lowest BCUT2D eigenvalue weighted by atomic mass is 10.1. The van der Waals surface area contributed by atoms with Gasteiger partial charge in [-0.3, -0.25) is 4.79 Å². The zero-order chi connectivity index (χ0) is 16.4. The number of carbonyl (C=O) groups excluding carboxylic acids is 1. The molecule has 0 unspecified atom stereocenters. The predicted molar refractivity (Wildman–Crippen MR) is 86.5 cm³/mol. The Hall–Kier alpha value is -3.15. The lowest BCUT2D eigenvalue weighted by Crippen LogP contribution is -1.97. The number of amides is 1. The van der Waals surface area contributed by atoms with Crippen LogP contribution in [0.1, 0.15) is 15.9 Å². The SMILES string of the molecule is COc1ccccc1C(=O)N=Nc1c(O)[nH]c2c(C)cccc12. The number of fused-ring (bicyclic) bond motifs is 1. The lowest BCUT2D eigenvalue weighted by molar-refractivity contribution is 0.0992. The summed E-state index contributed by atoms with van der Waals surface area (Å²) >= 11 is 0. The van der Waals surface area contributed by atoms with Crippen molar-refractivity contribution >= 4 is 22.5 Å². The molecule has 1 heterocycles. The second-order valence-corrected chi connectivity index (χ2v) is 5.03. The maximum absolute atomic E-state index is 12.2. The first-order chi connectivity index (χ1) is 11.1. The van der Waals surface area contributed by atoms with E-state index < -0.39 is 5.91 Å². The third kappa shape index (κ3) is 2.66. The average molecular weight is 309 g/mol. The second-order valence-electron chi connectivity index (χ2n) is 5.03. The largest absolute Gasteiger partial charge is 0.496 e. The van der Waals surface area contributed by atoms with Crippen LogP contribution in [0.3, 0.4) is 0 Å². The van der Waals surface area contributed by atoms with E-state index in [-0.39, 0.29) is 11.6 Å². The van der Waals surface area contributed by atoms with E-state index in [1.807, 2.05) is 19.1 Å². The van der Waals surface area contributed by atoms with Crippen LogP contribution >= 0.6 is 0 Å². The molecule has 0 atom stereocenters.